The van der Waals surface area contributed by atoms with Crippen LogP contribution in [-0.4, -0.2) is 30.7 Å². The van der Waals surface area contributed by atoms with E-state index in [9.17, 15) is 0 Å². The molecule has 0 aliphatic heterocycles. The molecule has 5 nitrogen and oxygen atoms in total. The summed E-state index contributed by atoms with van der Waals surface area (Å²) < 4.78 is 10.5. The zero-order chi connectivity index (χ0) is 13.0. The van der Waals surface area contributed by atoms with Gasteiger partial charge in [0.2, 0.25) is 0 Å². The van der Waals surface area contributed by atoms with Crippen molar-refractivity contribution in [3.63, 3.8) is 0 Å². The maximum Gasteiger partial charge on any atom is 0.163 e. The molecule has 5 heteroatoms. The number of nitrogens with one attached hydrogen (secondary N) is 1. The van der Waals surface area contributed by atoms with Crippen molar-refractivity contribution in [2.75, 3.05) is 26.1 Å². The molecule has 1 aromatic carbocycles. The molecular formula is C13H17N3O2. The Bertz CT molecular complexity index is 543. The van der Waals surface area contributed by atoms with Gasteiger partial charge in [0.25, 0.3) is 0 Å². The Labute approximate surface area is 106 Å². The molecule has 18 heavy (non-hydrogen) atoms. The third-order valence-electron chi connectivity index (χ3n) is 2.60. The van der Waals surface area contributed by atoms with Crippen molar-refractivity contribution in [1.29, 1.82) is 0 Å². The summed E-state index contributed by atoms with van der Waals surface area (Å²) in [7, 11) is 3.21. The summed E-state index contributed by atoms with van der Waals surface area (Å²) in [5, 5.41) is 3.21. The molecule has 2 rings (SSSR count). The lowest BCUT2D eigenvalue weighted by Gasteiger charge is -2.09. The van der Waals surface area contributed by atoms with Gasteiger partial charge in [0.05, 0.1) is 31.4 Å². The van der Waals surface area contributed by atoms with Gasteiger partial charge in [-0.05, 0) is 6.42 Å². The molecule has 0 radical (unpaired) electrons. The number of anilines is 1. The highest BCUT2D eigenvalue weighted by Gasteiger charge is 2.08. The molecule has 96 valence electrons. The van der Waals surface area contributed by atoms with E-state index in [1.807, 2.05) is 12.1 Å². The van der Waals surface area contributed by atoms with Gasteiger partial charge in [0.15, 0.2) is 11.5 Å². The van der Waals surface area contributed by atoms with Crippen LogP contribution in [0.5, 0.6) is 11.5 Å². The third-order valence-corrected chi connectivity index (χ3v) is 2.60. The van der Waals surface area contributed by atoms with Crippen LogP contribution in [0.1, 0.15) is 13.3 Å². The van der Waals surface area contributed by atoms with Crippen molar-refractivity contribution < 1.29 is 9.47 Å². The molecule has 0 unspecified atom stereocenters. The fourth-order valence-corrected chi connectivity index (χ4v) is 1.68. The topological polar surface area (TPSA) is 56.3 Å². The van der Waals surface area contributed by atoms with Gasteiger partial charge >= 0.3 is 0 Å². The molecule has 0 fully saturated rings. The lowest BCUT2D eigenvalue weighted by atomic mass is 10.2. The lowest BCUT2D eigenvalue weighted by Crippen LogP contribution is -2.02. The SMILES string of the molecule is CCCNc1cnc2cc(OC)c(OC)cc2n1. The molecule has 0 bridgehead atoms. The van der Waals surface area contributed by atoms with Crippen molar-refractivity contribution in [3.05, 3.63) is 18.3 Å². The highest BCUT2D eigenvalue weighted by atomic mass is 16.5. The minimum atomic E-state index is 0.659. The summed E-state index contributed by atoms with van der Waals surface area (Å²) in [5.74, 6) is 2.09. The summed E-state index contributed by atoms with van der Waals surface area (Å²) in [6.45, 7) is 2.99. The van der Waals surface area contributed by atoms with E-state index in [4.69, 9.17) is 9.47 Å². The maximum atomic E-state index is 5.25. The predicted molar refractivity (Wildman–Crippen MR) is 71.4 cm³/mol. The van der Waals surface area contributed by atoms with E-state index < -0.39 is 0 Å². The zero-order valence-electron chi connectivity index (χ0n) is 10.9. The Morgan fingerprint density at radius 2 is 1.78 bits per heavy atom. The largest absolute Gasteiger partial charge is 0.493 e. The van der Waals surface area contributed by atoms with Crippen LogP contribution in [0.15, 0.2) is 18.3 Å². The van der Waals surface area contributed by atoms with Gasteiger partial charge < -0.3 is 14.8 Å². The van der Waals surface area contributed by atoms with Crippen LogP contribution in [0, 0.1) is 0 Å². The summed E-state index contributed by atoms with van der Waals surface area (Å²) in [6.07, 6.45) is 2.77. The molecule has 0 amide bonds. The van der Waals surface area contributed by atoms with Crippen LogP contribution in [0.3, 0.4) is 0 Å². The minimum Gasteiger partial charge on any atom is -0.493 e. The number of benzene rings is 1. The molecule has 1 aromatic heterocycles. The molecule has 1 N–H and O–H groups in total. The number of hydrogen-bond donors (Lipinski definition) is 1. The number of fused-ring (bicyclic) bond motifs is 1. The number of rotatable bonds is 5. The molecule has 0 saturated heterocycles. The van der Waals surface area contributed by atoms with Crippen molar-refractivity contribution in [1.82, 2.24) is 9.97 Å². The van der Waals surface area contributed by atoms with Crippen LogP contribution in [0.25, 0.3) is 11.0 Å². The van der Waals surface area contributed by atoms with Crippen LogP contribution in [0.4, 0.5) is 5.82 Å². The zero-order valence-corrected chi connectivity index (χ0v) is 10.9. The number of nitrogens with zero attached hydrogens (tertiary/aromatic N) is 2. The first-order valence-corrected chi connectivity index (χ1v) is 5.91. The Morgan fingerprint density at radius 1 is 1.11 bits per heavy atom. The normalized spacial score (nSPS) is 10.4. The second-order valence-corrected chi connectivity index (χ2v) is 3.88. The maximum absolute atomic E-state index is 5.25. The minimum absolute atomic E-state index is 0.659. The van der Waals surface area contributed by atoms with Gasteiger partial charge in [0.1, 0.15) is 5.82 Å². The van der Waals surface area contributed by atoms with Crippen LogP contribution >= 0.6 is 0 Å². The number of ether oxygens (including phenoxy) is 2. The molecule has 0 saturated carbocycles. The fourth-order valence-electron chi connectivity index (χ4n) is 1.68. The molecular weight excluding hydrogens is 230 g/mol. The average Bonchev–Trinajstić information content (AvgIpc) is 2.43. The molecule has 2 aromatic rings. The van der Waals surface area contributed by atoms with E-state index in [0.29, 0.717) is 11.5 Å². The van der Waals surface area contributed by atoms with Gasteiger partial charge in [-0.1, -0.05) is 6.92 Å². The quantitative estimate of drug-likeness (QED) is 0.879. The molecule has 0 aliphatic rings. The summed E-state index contributed by atoms with van der Waals surface area (Å²) in [6, 6.07) is 3.66. The second-order valence-electron chi connectivity index (χ2n) is 3.88. The van der Waals surface area contributed by atoms with Gasteiger partial charge in [-0.3, -0.25) is 4.98 Å². The van der Waals surface area contributed by atoms with Crippen LogP contribution in [0.2, 0.25) is 0 Å². The summed E-state index contributed by atoms with van der Waals surface area (Å²) >= 11 is 0. The van der Waals surface area contributed by atoms with E-state index in [1.165, 1.54) is 0 Å². The highest BCUT2D eigenvalue weighted by molar-refractivity contribution is 5.80. The number of aromatic nitrogens is 2. The van der Waals surface area contributed by atoms with Gasteiger partial charge in [-0.15, -0.1) is 0 Å². The van der Waals surface area contributed by atoms with Gasteiger partial charge in [0, 0.05) is 18.7 Å². The number of hydrogen-bond acceptors (Lipinski definition) is 5. The van der Waals surface area contributed by atoms with Crippen LogP contribution in [-0.2, 0) is 0 Å². The smallest absolute Gasteiger partial charge is 0.163 e. The standard InChI is InChI=1S/C13H17N3O2/c1-4-5-14-13-8-15-9-6-11(17-2)12(18-3)7-10(9)16-13/h6-8H,4-5H2,1-3H3,(H,14,16). The molecule has 0 aliphatic carbocycles. The summed E-state index contributed by atoms with van der Waals surface area (Å²) in [4.78, 5) is 8.85. The van der Waals surface area contributed by atoms with E-state index >= 15 is 0 Å². The Balaban J connectivity index is 2.42. The van der Waals surface area contributed by atoms with Crippen molar-refractivity contribution >= 4 is 16.9 Å². The Morgan fingerprint density at radius 3 is 2.39 bits per heavy atom. The van der Waals surface area contributed by atoms with Gasteiger partial charge in [-0.25, -0.2) is 4.98 Å². The third kappa shape index (κ3) is 2.45. The molecule has 0 spiro atoms. The van der Waals surface area contributed by atoms with Crippen LogP contribution < -0.4 is 14.8 Å². The molecule has 1 heterocycles. The van der Waals surface area contributed by atoms with E-state index in [1.54, 1.807) is 20.4 Å². The number of methoxy groups -OCH3 is 2. The van der Waals surface area contributed by atoms with E-state index in [0.717, 1.165) is 29.8 Å². The second kappa shape index (κ2) is 5.53. The summed E-state index contributed by atoms with van der Waals surface area (Å²) in [5.41, 5.74) is 1.57. The van der Waals surface area contributed by atoms with E-state index in [-0.39, 0.29) is 0 Å². The fraction of sp³-hybridized carbons (Fsp3) is 0.385. The predicted octanol–water partition coefficient (Wildman–Crippen LogP) is 2.47. The van der Waals surface area contributed by atoms with Crippen molar-refractivity contribution in [2.45, 2.75) is 13.3 Å². The van der Waals surface area contributed by atoms with Gasteiger partial charge in [-0.2, -0.15) is 0 Å². The first-order chi connectivity index (χ1) is 8.78. The van der Waals surface area contributed by atoms with Crippen molar-refractivity contribution in [2.24, 2.45) is 0 Å². The lowest BCUT2D eigenvalue weighted by molar-refractivity contribution is 0.355. The van der Waals surface area contributed by atoms with Crippen molar-refractivity contribution in [3.8, 4) is 11.5 Å². The average molecular weight is 247 g/mol. The first kappa shape index (κ1) is 12.4. The first-order valence-electron chi connectivity index (χ1n) is 5.91. The highest BCUT2D eigenvalue weighted by Crippen LogP contribution is 2.30. The molecule has 0 atom stereocenters. The monoisotopic (exact) mass is 247 g/mol. The Hall–Kier alpha value is -2.04. The Kier molecular flexibility index (Phi) is 3.82. The van der Waals surface area contributed by atoms with E-state index in [2.05, 4.69) is 22.2 Å².